The quantitative estimate of drug-likeness (QED) is 0.348. The largest absolute Gasteiger partial charge is 0.444 e. The van der Waals surface area contributed by atoms with Crippen LogP contribution in [0.2, 0.25) is 0 Å². The van der Waals surface area contributed by atoms with Gasteiger partial charge >= 0.3 is 18.3 Å². The molecule has 0 unspecified atom stereocenters. The predicted molar refractivity (Wildman–Crippen MR) is 157 cm³/mol. The lowest BCUT2D eigenvalue weighted by Gasteiger charge is -2.35. The summed E-state index contributed by atoms with van der Waals surface area (Å²) in [5, 5.41) is 1.37. The van der Waals surface area contributed by atoms with Gasteiger partial charge < -0.3 is 19.1 Å². The van der Waals surface area contributed by atoms with Crippen molar-refractivity contribution in [2.45, 2.75) is 85.7 Å². The first kappa shape index (κ1) is 31.6. The van der Waals surface area contributed by atoms with E-state index < -0.39 is 29.0 Å². The second-order valence-electron chi connectivity index (χ2n) is 12.8. The Labute approximate surface area is 245 Å². The standard InChI is InChI=1S/C29H41BrN4O6/c1-27(2,3)38-24(35)33-14-12-32(13-15-33)18-19-10-11-20-21(16-19)22(30)17-31-23(20)34(25(36)39-28(4,5)6)26(37)40-29(7,8)9/h10-11,16-17H,12-15,18H2,1-9H3. The third-order valence-corrected chi connectivity index (χ3v) is 6.31. The van der Waals surface area contributed by atoms with Gasteiger partial charge in [-0.25, -0.2) is 19.4 Å². The van der Waals surface area contributed by atoms with E-state index in [0.29, 0.717) is 38.1 Å². The first-order valence-electron chi connectivity index (χ1n) is 13.4. The molecule has 1 aliphatic heterocycles. The number of rotatable bonds is 3. The molecular formula is C29H41BrN4O6. The summed E-state index contributed by atoms with van der Waals surface area (Å²) in [6.07, 6.45) is -0.473. The number of fused-ring (bicyclic) bond motifs is 1. The Hall–Kier alpha value is -2.92. The van der Waals surface area contributed by atoms with Crippen molar-refractivity contribution in [3.63, 3.8) is 0 Å². The zero-order valence-corrected chi connectivity index (χ0v) is 26.5. The molecule has 0 bridgehead atoms. The monoisotopic (exact) mass is 620 g/mol. The van der Waals surface area contributed by atoms with Crippen molar-refractivity contribution < 1.29 is 28.6 Å². The summed E-state index contributed by atoms with van der Waals surface area (Å²) in [5.74, 6) is 0.124. The predicted octanol–water partition coefficient (Wildman–Crippen LogP) is 6.73. The van der Waals surface area contributed by atoms with Crippen LogP contribution >= 0.6 is 15.9 Å². The van der Waals surface area contributed by atoms with E-state index in [-0.39, 0.29) is 11.9 Å². The zero-order valence-electron chi connectivity index (χ0n) is 25.0. The highest BCUT2D eigenvalue weighted by atomic mass is 79.9. The highest BCUT2D eigenvalue weighted by Gasteiger charge is 2.35. The van der Waals surface area contributed by atoms with Crippen molar-refractivity contribution in [1.29, 1.82) is 0 Å². The SMILES string of the molecule is CC(C)(C)OC(=O)N1CCN(Cc2ccc3c(N(C(=O)OC(C)(C)C)C(=O)OC(C)(C)C)ncc(Br)c3c2)CC1. The molecule has 0 aliphatic carbocycles. The lowest BCUT2D eigenvalue weighted by atomic mass is 10.1. The van der Waals surface area contributed by atoms with Crippen molar-refractivity contribution in [2.24, 2.45) is 0 Å². The topological polar surface area (TPSA) is 102 Å². The first-order chi connectivity index (χ1) is 18.3. The molecule has 0 spiro atoms. The molecule has 1 fully saturated rings. The number of amides is 3. The molecule has 1 aliphatic rings. The molecule has 220 valence electrons. The molecule has 40 heavy (non-hydrogen) atoms. The van der Waals surface area contributed by atoms with E-state index >= 15 is 0 Å². The van der Waals surface area contributed by atoms with Crippen LogP contribution in [0.5, 0.6) is 0 Å². The molecule has 1 saturated heterocycles. The summed E-state index contributed by atoms with van der Waals surface area (Å²) < 4.78 is 17.3. The maximum Gasteiger partial charge on any atom is 0.425 e. The van der Waals surface area contributed by atoms with E-state index in [1.807, 2.05) is 39.0 Å². The lowest BCUT2D eigenvalue weighted by molar-refractivity contribution is 0.0138. The molecule has 11 heteroatoms. The van der Waals surface area contributed by atoms with Gasteiger partial charge in [0.05, 0.1) is 0 Å². The van der Waals surface area contributed by atoms with Gasteiger partial charge in [0.15, 0.2) is 5.82 Å². The van der Waals surface area contributed by atoms with Crippen molar-refractivity contribution in [1.82, 2.24) is 14.8 Å². The van der Waals surface area contributed by atoms with Crippen LogP contribution in [0.25, 0.3) is 10.8 Å². The fraction of sp³-hybridized carbons (Fsp3) is 0.586. The van der Waals surface area contributed by atoms with Crippen LogP contribution in [0.15, 0.2) is 28.9 Å². The molecule has 0 N–H and O–H groups in total. The number of imide groups is 1. The number of carbonyl (C=O) groups is 3. The molecule has 0 atom stereocenters. The third kappa shape index (κ3) is 8.79. The summed E-state index contributed by atoms with van der Waals surface area (Å²) >= 11 is 3.57. The summed E-state index contributed by atoms with van der Waals surface area (Å²) in [5.41, 5.74) is -1.15. The van der Waals surface area contributed by atoms with E-state index in [1.54, 1.807) is 52.6 Å². The maximum absolute atomic E-state index is 13.2. The molecule has 3 amide bonds. The highest BCUT2D eigenvalue weighted by molar-refractivity contribution is 9.10. The Kier molecular flexibility index (Phi) is 9.40. The Morgan fingerprint density at radius 3 is 1.85 bits per heavy atom. The second kappa shape index (κ2) is 11.9. The second-order valence-corrected chi connectivity index (χ2v) is 13.7. The molecule has 1 aromatic carbocycles. The minimum atomic E-state index is -0.871. The third-order valence-electron chi connectivity index (χ3n) is 5.68. The number of pyridine rings is 1. The Morgan fingerprint density at radius 2 is 1.35 bits per heavy atom. The molecule has 2 heterocycles. The van der Waals surface area contributed by atoms with E-state index in [9.17, 15) is 14.4 Å². The minimum absolute atomic E-state index is 0.124. The number of anilines is 1. The number of aromatic nitrogens is 1. The first-order valence-corrected chi connectivity index (χ1v) is 14.2. The summed E-state index contributed by atoms with van der Waals surface area (Å²) in [6.45, 7) is 19.2. The van der Waals surface area contributed by atoms with Crippen LogP contribution in [0.4, 0.5) is 20.2 Å². The van der Waals surface area contributed by atoms with Crippen LogP contribution in [0, 0.1) is 0 Å². The van der Waals surface area contributed by atoms with Gasteiger partial charge in [-0.1, -0.05) is 12.1 Å². The van der Waals surface area contributed by atoms with Gasteiger partial charge in [0.25, 0.3) is 0 Å². The van der Waals surface area contributed by atoms with Crippen LogP contribution < -0.4 is 4.90 Å². The number of benzene rings is 1. The van der Waals surface area contributed by atoms with Crippen LogP contribution in [-0.4, -0.2) is 76.0 Å². The van der Waals surface area contributed by atoms with Gasteiger partial charge in [0.2, 0.25) is 0 Å². The number of halogens is 1. The van der Waals surface area contributed by atoms with Crippen molar-refractivity contribution in [3.8, 4) is 0 Å². The Bertz CT molecular complexity index is 1230. The number of ether oxygens (including phenoxy) is 3. The van der Waals surface area contributed by atoms with E-state index in [2.05, 4.69) is 25.8 Å². The number of nitrogens with zero attached hydrogens (tertiary/aromatic N) is 4. The van der Waals surface area contributed by atoms with E-state index in [0.717, 1.165) is 20.3 Å². The number of hydrogen-bond acceptors (Lipinski definition) is 8. The lowest BCUT2D eigenvalue weighted by Crippen LogP contribution is -2.49. The molecule has 1 aromatic heterocycles. The van der Waals surface area contributed by atoms with Gasteiger partial charge in [-0.2, -0.15) is 4.90 Å². The molecule has 3 rings (SSSR count). The van der Waals surface area contributed by atoms with Gasteiger partial charge in [-0.3, -0.25) is 4.90 Å². The van der Waals surface area contributed by atoms with Crippen molar-refractivity contribution in [2.75, 3.05) is 31.1 Å². The average molecular weight is 622 g/mol. The average Bonchev–Trinajstić information content (AvgIpc) is 2.78. The summed E-state index contributed by atoms with van der Waals surface area (Å²) in [4.78, 5) is 48.1. The van der Waals surface area contributed by atoms with Crippen LogP contribution in [0.1, 0.15) is 67.9 Å². The molecular weight excluding hydrogens is 580 g/mol. The normalized spacial score (nSPS) is 15.1. The molecule has 0 radical (unpaired) electrons. The number of hydrogen-bond donors (Lipinski definition) is 0. The van der Waals surface area contributed by atoms with Crippen LogP contribution in [0.3, 0.4) is 0 Å². The Balaban J connectivity index is 1.86. The fourth-order valence-corrected chi connectivity index (χ4v) is 4.48. The highest BCUT2D eigenvalue weighted by Crippen LogP contribution is 2.33. The van der Waals surface area contributed by atoms with Gasteiger partial charge in [-0.05, 0) is 89.9 Å². The van der Waals surface area contributed by atoms with E-state index in [4.69, 9.17) is 14.2 Å². The number of piperazine rings is 1. The van der Waals surface area contributed by atoms with Gasteiger partial charge in [0.1, 0.15) is 16.8 Å². The molecule has 2 aromatic rings. The maximum atomic E-state index is 13.2. The van der Waals surface area contributed by atoms with E-state index in [1.165, 1.54) is 0 Å². The molecule has 10 nitrogen and oxygen atoms in total. The van der Waals surface area contributed by atoms with Crippen molar-refractivity contribution in [3.05, 3.63) is 34.4 Å². The zero-order chi connectivity index (χ0) is 30.0. The summed E-state index contributed by atoms with van der Waals surface area (Å²) in [7, 11) is 0. The van der Waals surface area contributed by atoms with Crippen molar-refractivity contribution >= 4 is 50.8 Å². The fourth-order valence-electron chi connectivity index (χ4n) is 4.05. The van der Waals surface area contributed by atoms with Gasteiger partial charge in [0, 0.05) is 54.2 Å². The molecule has 0 saturated carbocycles. The van der Waals surface area contributed by atoms with Crippen LogP contribution in [-0.2, 0) is 20.8 Å². The minimum Gasteiger partial charge on any atom is -0.444 e. The number of carbonyl (C=O) groups excluding carboxylic acids is 3. The Morgan fingerprint density at radius 1 is 0.825 bits per heavy atom. The smallest absolute Gasteiger partial charge is 0.425 e. The van der Waals surface area contributed by atoms with Gasteiger partial charge in [-0.15, -0.1) is 0 Å². The summed E-state index contributed by atoms with van der Waals surface area (Å²) in [6, 6.07) is 5.80.